The molecular formula is C22H34O8. The molecule has 1 aromatic carbocycles. The molecule has 0 radical (unpaired) electrons. The van der Waals surface area contributed by atoms with Crippen LogP contribution in [0.25, 0.3) is 0 Å². The van der Waals surface area contributed by atoms with Crippen LogP contribution in [0.3, 0.4) is 0 Å². The van der Waals surface area contributed by atoms with Crippen LogP contribution in [0.1, 0.15) is 63.9 Å². The summed E-state index contributed by atoms with van der Waals surface area (Å²) in [6.07, 6.45) is 1.70. The largest absolute Gasteiger partial charge is 0.427 e. The highest BCUT2D eigenvalue weighted by Gasteiger charge is 2.53. The third-order valence-electron chi connectivity index (χ3n) is 5.45. The molecule has 1 saturated heterocycles. The first-order chi connectivity index (χ1) is 14.3. The SMILES string of the molecule is CCCCCCCCCC(=O)Oc1ccc([C@@]2(O)O[C@H](CO)[C@@H](O)[C@H](O)[C@H]2O)cc1. The lowest BCUT2D eigenvalue weighted by Gasteiger charge is -2.45. The van der Waals surface area contributed by atoms with E-state index in [0.717, 1.165) is 19.3 Å². The van der Waals surface area contributed by atoms with Gasteiger partial charge < -0.3 is 35.0 Å². The predicted molar refractivity (Wildman–Crippen MR) is 109 cm³/mol. The summed E-state index contributed by atoms with van der Waals surface area (Å²) in [4.78, 5) is 12.0. The summed E-state index contributed by atoms with van der Waals surface area (Å²) in [6.45, 7) is 1.52. The number of esters is 1. The number of benzene rings is 1. The van der Waals surface area contributed by atoms with E-state index in [1.807, 2.05) is 0 Å². The van der Waals surface area contributed by atoms with Gasteiger partial charge in [0.15, 0.2) is 0 Å². The highest BCUT2D eigenvalue weighted by Crippen LogP contribution is 2.36. The maximum absolute atomic E-state index is 12.0. The minimum Gasteiger partial charge on any atom is -0.427 e. The van der Waals surface area contributed by atoms with Gasteiger partial charge in [0, 0.05) is 12.0 Å². The van der Waals surface area contributed by atoms with Crippen LogP contribution in [0.15, 0.2) is 24.3 Å². The molecule has 1 aromatic rings. The molecule has 2 rings (SSSR count). The number of ether oxygens (including phenoxy) is 2. The fourth-order valence-corrected chi connectivity index (χ4v) is 3.56. The van der Waals surface area contributed by atoms with E-state index in [0.29, 0.717) is 6.42 Å². The van der Waals surface area contributed by atoms with E-state index in [1.54, 1.807) is 0 Å². The second kappa shape index (κ2) is 11.7. The highest BCUT2D eigenvalue weighted by atomic mass is 16.7. The second-order valence-electron chi connectivity index (χ2n) is 7.83. The van der Waals surface area contributed by atoms with E-state index in [9.17, 15) is 30.3 Å². The van der Waals surface area contributed by atoms with Gasteiger partial charge in [0.2, 0.25) is 5.79 Å². The van der Waals surface area contributed by atoms with Crippen molar-refractivity contribution >= 4 is 5.97 Å². The van der Waals surface area contributed by atoms with Crippen molar-refractivity contribution in [1.82, 2.24) is 0 Å². The van der Waals surface area contributed by atoms with Gasteiger partial charge in [-0.25, -0.2) is 0 Å². The Hall–Kier alpha value is -1.55. The van der Waals surface area contributed by atoms with Gasteiger partial charge in [-0.1, -0.05) is 45.4 Å². The predicted octanol–water partition coefficient (Wildman–Crippen LogP) is 1.35. The van der Waals surface area contributed by atoms with Crippen LogP contribution in [0.2, 0.25) is 0 Å². The van der Waals surface area contributed by atoms with Crippen LogP contribution >= 0.6 is 0 Å². The first-order valence-corrected chi connectivity index (χ1v) is 10.7. The summed E-state index contributed by atoms with van der Waals surface area (Å²) >= 11 is 0. The molecule has 1 aliphatic heterocycles. The van der Waals surface area contributed by atoms with Crippen molar-refractivity contribution in [3.8, 4) is 5.75 Å². The summed E-state index contributed by atoms with van der Waals surface area (Å²) < 4.78 is 10.6. The van der Waals surface area contributed by atoms with Crippen molar-refractivity contribution < 1.29 is 39.8 Å². The van der Waals surface area contributed by atoms with Crippen molar-refractivity contribution in [3.05, 3.63) is 29.8 Å². The van der Waals surface area contributed by atoms with Crippen molar-refractivity contribution in [1.29, 1.82) is 0 Å². The summed E-state index contributed by atoms with van der Waals surface area (Å²) in [5, 5.41) is 50.0. The molecule has 1 aliphatic rings. The number of carbonyl (C=O) groups excluding carboxylic acids is 1. The highest BCUT2D eigenvalue weighted by molar-refractivity contribution is 5.72. The molecule has 1 fully saturated rings. The van der Waals surface area contributed by atoms with E-state index >= 15 is 0 Å². The fourth-order valence-electron chi connectivity index (χ4n) is 3.56. The number of carbonyl (C=O) groups is 1. The Bertz CT molecular complexity index is 647. The number of rotatable bonds is 11. The van der Waals surface area contributed by atoms with Gasteiger partial charge in [0.1, 0.15) is 30.2 Å². The van der Waals surface area contributed by atoms with Gasteiger partial charge in [0.05, 0.1) is 6.61 Å². The van der Waals surface area contributed by atoms with Gasteiger partial charge >= 0.3 is 5.97 Å². The van der Waals surface area contributed by atoms with Crippen molar-refractivity contribution in [2.45, 2.75) is 88.5 Å². The first kappa shape index (κ1) is 24.7. The number of aliphatic hydroxyl groups excluding tert-OH is 4. The Kier molecular flexibility index (Phi) is 9.67. The quantitative estimate of drug-likeness (QED) is 0.203. The smallest absolute Gasteiger partial charge is 0.311 e. The minimum absolute atomic E-state index is 0.0891. The topological polar surface area (TPSA) is 137 Å². The second-order valence-corrected chi connectivity index (χ2v) is 7.83. The average Bonchev–Trinajstić information content (AvgIpc) is 2.74. The number of hydrogen-bond acceptors (Lipinski definition) is 8. The molecule has 0 bridgehead atoms. The summed E-state index contributed by atoms with van der Waals surface area (Å²) in [5.74, 6) is -2.39. The molecule has 30 heavy (non-hydrogen) atoms. The molecule has 0 spiro atoms. The lowest BCUT2D eigenvalue weighted by atomic mass is 9.88. The Morgan fingerprint density at radius 3 is 2.20 bits per heavy atom. The van der Waals surface area contributed by atoms with Crippen molar-refractivity contribution in [3.63, 3.8) is 0 Å². The lowest BCUT2D eigenvalue weighted by molar-refractivity contribution is -0.357. The fraction of sp³-hybridized carbons (Fsp3) is 0.682. The summed E-state index contributed by atoms with van der Waals surface area (Å²) in [6, 6.07) is 5.66. The molecule has 8 heteroatoms. The average molecular weight is 427 g/mol. The number of unbranched alkanes of at least 4 members (excludes halogenated alkanes) is 6. The van der Waals surface area contributed by atoms with E-state index < -0.39 is 36.8 Å². The standard InChI is InChI=1S/C22H34O8/c1-2-3-4-5-6-7-8-9-18(24)29-16-12-10-15(11-13-16)22(28)21(27)20(26)19(25)17(14-23)30-22/h10-13,17,19-21,23,25-28H,2-9,14H2,1H3/t17-,19-,20+,21-,22-/m1/s1. The molecule has 0 unspecified atom stereocenters. The Morgan fingerprint density at radius 1 is 1.00 bits per heavy atom. The Balaban J connectivity index is 1.87. The Morgan fingerprint density at radius 2 is 1.60 bits per heavy atom. The minimum atomic E-state index is -2.33. The summed E-state index contributed by atoms with van der Waals surface area (Å²) in [7, 11) is 0. The van der Waals surface area contributed by atoms with Gasteiger partial charge in [-0.15, -0.1) is 0 Å². The van der Waals surface area contributed by atoms with Crippen LogP contribution in [0, 0.1) is 0 Å². The van der Waals surface area contributed by atoms with E-state index in [1.165, 1.54) is 49.9 Å². The maximum atomic E-state index is 12.0. The number of hydrogen-bond donors (Lipinski definition) is 5. The third-order valence-corrected chi connectivity index (χ3v) is 5.45. The molecular weight excluding hydrogens is 392 g/mol. The third kappa shape index (κ3) is 6.23. The van der Waals surface area contributed by atoms with Crippen LogP contribution in [-0.2, 0) is 15.3 Å². The van der Waals surface area contributed by atoms with E-state index in [2.05, 4.69) is 6.92 Å². The normalized spacial score (nSPS) is 29.0. The first-order valence-electron chi connectivity index (χ1n) is 10.7. The zero-order valence-corrected chi connectivity index (χ0v) is 17.4. The van der Waals surface area contributed by atoms with Gasteiger partial charge in [0.25, 0.3) is 0 Å². The van der Waals surface area contributed by atoms with Crippen molar-refractivity contribution in [2.24, 2.45) is 0 Å². The van der Waals surface area contributed by atoms with Gasteiger partial charge in [-0.3, -0.25) is 4.79 Å². The van der Waals surface area contributed by atoms with E-state index in [-0.39, 0.29) is 17.3 Å². The van der Waals surface area contributed by atoms with E-state index in [4.69, 9.17) is 9.47 Å². The molecule has 0 aliphatic carbocycles. The van der Waals surface area contributed by atoms with Gasteiger partial charge in [-0.2, -0.15) is 0 Å². The molecule has 5 atom stereocenters. The van der Waals surface area contributed by atoms with Crippen molar-refractivity contribution in [2.75, 3.05) is 6.61 Å². The molecule has 1 heterocycles. The zero-order valence-electron chi connectivity index (χ0n) is 17.4. The van der Waals surface area contributed by atoms with Crippen LogP contribution in [0.4, 0.5) is 0 Å². The molecule has 170 valence electrons. The molecule has 0 saturated carbocycles. The molecule has 5 N–H and O–H groups in total. The molecule has 8 nitrogen and oxygen atoms in total. The Labute approximate surface area is 177 Å². The number of aliphatic hydroxyl groups is 5. The van der Waals surface area contributed by atoms with Crippen LogP contribution < -0.4 is 4.74 Å². The van der Waals surface area contributed by atoms with Crippen LogP contribution in [0.5, 0.6) is 5.75 Å². The molecule has 0 aromatic heterocycles. The summed E-state index contributed by atoms with van der Waals surface area (Å²) in [5.41, 5.74) is 0.0891. The monoisotopic (exact) mass is 426 g/mol. The van der Waals surface area contributed by atoms with Crippen LogP contribution in [-0.4, -0.2) is 62.5 Å². The van der Waals surface area contributed by atoms with Gasteiger partial charge in [-0.05, 0) is 30.7 Å². The zero-order chi connectivity index (χ0) is 22.1. The molecule has 0 amide bonds. The lowest BCUT2D eigenvalue weighted by Crippen LogP contribution is -2.63. The maximum Gasteiger partial charge on any atom is 0.311 e.